The first kappa shape index (κ1) is 21.4. The Hall–Kier alpha value is -2.31. The molecule has 1 atom stereocenters. The molecule has 1 aliphatic rings. The summed E-state index contributed by atoms with van der Waals surface area (Å²) in [6.07, 6.45) is -3.28. The van der Waals surface area contributed by atoms with Crippen molar-refractivity contribution in [3.63, 3.8) is 0 Å². The van der Waals surface area contributed by atoms with Crippen LogP contribution in [0.1, 0.15) is 47.6 Å². The smallest absolute Gasteiger partial charge is 0.386 e. The second-order valence-corrected chi connectivity index (χ2v) is 8.09. The number of nitrogens with zero attached hydrogens (tertiary/aromatic N) is 1. The molecular weight excluding hydrogens is 403 g/mol. The summed E-state index contributed by atoms with van der Waals surface area (Å²) in [6, 6.07) is 8.58. The summed E-state index contributed by atoms with van der Waals surface area (Å²) in [5, 5.41) is 10.5. The monoisotopic (exact) mass is 423 g/mol. The molecular formula is C22H21ClF3NO2. The maximum absolute atomic E-state index is 13.3. The first-order valence-electron chi connectivity index (χ1n) is 9.05. The number of fused-ring (bicyclic) bond motifs is 1. The van der Waals surface area contributed by atoms with E-state index in [4.69, 9.17) is 11.6 Å². The molecule has 0 aliphatic carbocycles. The van der Waals surface area contributed by atoms with E-state index in [0.717, 1.165) is 12.1 Å². The van der Waals surface area contributed by atoms with Crippen LogP contribution in [0.15, 0.2) is 49.1 Å². The Labute approximate surface area is 172 Å². The molecule has 1 amide bonds. The molecule has 2 aromatic rings. The number of halogens is 4. The van der Waals surface area contributed by atoms with E-state index in [-0.39, 0.29) is 19.0 Å². The molecule has 1 unspecified atom stereocenters. The highest BCUT2D eigenvalue weighted by Gasteiger charge is 2.35. The minimum absolute atomic E-state index is 0.181. The summed E-state index contributed by atoms with van der Waals surface area (Å²) in [5.74, 6) is -0.835. The molecule has 29 heavy (non-hydrogen) atoms. The molecule has 0 saturated heterocycles. The van der Waals surface area contributed by atoms with Crippen LogP contribution in [0.4, 0.5) is 13.2 Å². The van der Waals surface area contributed by atoms with Crippen LogP contribution in [-0.4, -0.2) is 22.5 Å². The van der Waals surface area contributed by atoms with Crippen molar-refractivity contribution in [3.8, 4) is 0 Å². The van der Waals surface area contributed by atoms with E-state index < -0.39 is 23.3 Å². The Kier molecular flexibility index (Phi) is 5.54. The van der Waals surface area contributed by atoms with Crippen LogP contribution in [-0.2, 0) is 23.1 Å². The summed E-state index contributed by atoms with van der Waals surface area (Å²) in [5.41, 5.74) is 0.458. The van der Waals surface area contributed by atoms with Gasteiger partial charge in [0, 0.05) is 24.0 Å². The summed E-state index contributed by atoms with van der Waals surface area (Å²) in [4.78, 5) is 13.7. The van der Waals surface area contributed by atoms with Gasteiger partial charge in [0.25, 0.3) is 0 Å². The number of carbonyl (C=O) groups excluding carboxylic acids is 1. The zero-order valence-corrected chi connectivity index (χ0v) is 16.8. The summed E-state index contributed by atoms with van der Waals surface area (Å²) < 4.78 is 39.8. The lowest BCUT2D eigenvalue weighted by molar-refractivity contribution is -0.137. The Morgan fingerprint density at radius 2 is 1.83 bits per heavy atom. The molecule has 1 aliphatic heterocycles. The number of benzene rings is 2. The van der Waals surface area contributed by atoms with Gasteiger partial charge in [-0.3, -0.25) is 4.79 Å². The molecule has 0 bridgehead atoms. The fourth-order valence-electron chi connectivity index (χ4n) is 3.58. The lowest BCUT2D eigenvalue weighted by Gasteiger charge is -2.35. The van der Waals surface area contributed by atoms with Crippen molar-refractivity contribution in [2.24, 2.45) is 0 Å². The first-order valence-corrected chi connectivity index (χ1v) is 9.43. The van der Waals surface area contributed by atoms with Crippen molar-refractivity contribution in [1.82, 2.24) is 4.90 Å². The third-order valence-corrected chi connectivity index (χ3v) is 5.51. The summed E-state index contributed by atoms with van der Waals surface area (Å²) >= 11 is 6.47. The van der Waals surface area contributed by atoms with Crippen LogP contribution in [0.2, 0.25) is 5.02 Å². The van der Waals surface area contributed by atoms with Crippen molar-refractivity contribution < 1.29 is 23.1 Å². The predicted molar refractivity (Wildman–Crippen MR) is 106 cm³/mol. The number of aliphatic hydroxyl groups is 1. The highest BCUT2D eigenvalue weighted by atomic mass is 35.5. The number of amides is 1. The second kappa shape index (κ2) is 7.50. The summed E-state index contributed by atoms with van der Waals surface area (Å²) in [6.45, 7) is 7.12. The largest absolute Gasteiger partial charge is 0.416 e. The summed E-state index contributed by atoms with van der Waals surface area (Å²) in [7, 11) is 0. The van der Waals surface area contributed by atoms with Crippen LogP contribution in [0.3, 0.4) is 0 Å². The van der Waals surface area contributed by atoms with Gasteiger partial charge in [-0.25, -0.2) is 0 Å². The average Bonchev–Trinajstić information content (AvgIpc) is 2.64. The fourth-order valence-corrected chi connectivity index (χ4v) is 3.89. The van der Waals surface area contributed by atoms with Gasteiger partial charge in [-0.2, -0.15) is 13.2 Å². The normalized spacial score (nSPS) is 17.1. The number of hydrogen-bond acceptors (Lipinski definition) is 2. The van der Waals surface area contributed by atoms with Crippen LogP contribution in [0, 0.1) is 0 Å². The van der Waals surface area contributed by atoms with Crippen molar-refractivity contribution in [3.05, 3.63) is 81.9 Å². The molecule has 1 heterocycles. The van der Waals surface area contributed by atoms with Gasteiger partial charge in [0.1, 0.15) is 0 Å². The van der Waals surface area contributed by atoms with Gasteiger partial charge >= 0.3 is 6.18 Å². The molecule has 154 valence electrons. The zero-order chi connectivity index (χ0) is 21.6. The van der Waals surface area contributed by atoms with E-state index in [9.17, 15) is 23.1 Å². The van der Waals surface area contributed by atoms with E-state index in [0.29, 0.717) is 27.3 Å². The van der Waals surface area contributed by atoms with Crippen molar-refractivity contribution in [2.45, 2.75) is 38.1 Å². The van der Waals surface area contributed by atoms with E-state index in [2.05, 4.69) is 6.58 Å². The quantitative estimate of drug-likeness (QED) is 0.685. The van der Waals surface area contributed by atoms with Crippen LogP contribution >= 0.6 is 11.6 Å². The molecule has 2 aromatic carbocycles. The van der Waals surface area contributed by atoms with Gasteiger partial charge in [0.2, 0.25) is 5.91 Å². The van der Waals surface area contributed by atoms with Crippen molar-refractivity contribution in [2.75, 3.05) is 6.54 Å². The van der Waals surface area contributed by atoms with E-state index in [1.807, 2.05) is 0 Å². The number of carbonyl (C=O) groups is 1. The Morgan fingerprint density at radius 3 is 2.38 bits per heavy atom. The minimum atomic E-state index is -4.47. The predicted octanol–water partition coefficient (Wildman–Crippen LogP) is 5.25. The topological polar surface area (TPSA) is 40.5 Å². The van der Waals surface area contributed by atoms with E-state index in [1.54, 1.807) is 32.0 Å². The second-order valence-electron chi connectivity index (χ2n) is 7.68. The molecule has 7 heteroatoms. The first-order chi connectivity index (χ1) is 13.4. The zero-order valence-electron chi connectivity index (χ0n) is 16.1. The van der Waals surface area contributed by atoms with Gasteiger partial charge in [0.15, 0.2) is 0 Å². The van der Waals surface area contributed by atoms with Crippen LogP contribution < -0.4 is 0 Å². The minimum Gasteiger partial charge on any atom is -0.386 e. The van der Waals surface area contributed by atoms with E-state index >= 15 is 0 Å². The average molecular weight is 424 g/mol. The lowest BCUT2D eigenvalue weighted by atomic mass is 9.82. The molecule has 0 fully saturated rings. The third-order valence-electron chi connectivity index (χ3n) is 5.18. The molecule has 0 radical (unpaired) electrons. The maximum atomic E-state index is 13.3. The lowest BCUT2D eigenvalue weighted by Crippen LogP contribution is -2.38. The standard InChI is InChI=1S/C22H21ClF3NO2/c1-4-20(28)27-11-13-5-6-15(22(24,25)26)9-17(13)18(12-27)16-8-7-14(10-19(16)23)21(2,3)29/h4-10,18,29H,1,11-12H2,2-3H3. The van der Waals surface area contributed by atoms with E-state index in [1.165, 1.54) is 17.0 Å². The van der Waals surface area contributed by atoms with Crippen LogP contribution in [0.25, 0.3) is 0 Å². The van der Waals surface area contributed by atoms with Gasteiger partial charge in [-0.1, -0.05) is 36.4 Å². The third kappa shape index (κ3) is 4.33. The number of hydrogen-bond donors (Lipinski definition) is 1. The fraction of sp³-hybridized carbons (Fsp3) is 0.318. The Bertz CT molecular complexity index is 964. The van der Waals surface area contributed by atoms with Gasteiger partial charge in [-0.15, -0.1) is 0 Å². The molecule has 0 spiro atoms. The van der Waals surface area contributed by atoms with Gasteiger partial charge in [-0.05, 0) is 60.4 Å². The highest BCUT2D eigenvalue weighted by Crippen LogP contribution is 2.41. The van der Waals surface area contributed by atoms with Gasteiger partial charge < -0.3 is 10.0 Å². The van der Waals surface area contributed by atoms with Crippen LogP contribution in [0.5, 0.6) is 0 Å². The van der Waals surface area contributed by atoms with Gasteiger partial charge in [0.05, 0.1) is 11.2 Å². The van der Waals surface area contributed by atoms with Crippen molar-refractivity contribution in [1.29, 1.82) is 0 Å². The highest BCUT2D eigenvalue weighted by molar-refractivity contribution is 6.31. The Balaban J connectivity index is 2.14. The molecule has 1 N–H and O–H groups in total. The molecule has 3 nitrogen and oxygen atoms in total. The molecule has 0 saturated carbocycles. The number of alkyl halides is 3. The SMILES string of the molecule is C=CC(=O)N1Cc2ccc(C(F)(F)F)cc2C(c2ccc(C(C)(C)O)cc2Cl)C1. The maximum Gasteiger partial charge on any atom is 0.416 e. The molecule has 3 rings (SSSR count). The molecule has 0 aromatic heterocycles. The Morgan fingerprint density at radius 1 is 1.17 bits per heavy atom. The van der Waals surface area contributed by atoms with Crippen molar-refractivity contribution >= 4 is 17.5 Å². The number of rotatable bonds is 3.